The average Bonchev–Trinajstić information content (AvgIpc) is 3.09. The molecule has 1 atom stereocenters. The standard InChI is InChI=1S/C20H31N3O4S2/c1-13(22-29(26,27)16-7-6-8-28-16)17(24)23(5)15-9-14(10-15)21-18(25)20(4)11-19(2,3)12-20/h6-8,13-15,22H,9-12H2,1-5H3,(H,21,25). The van der Waals surface area contributed by atoms with Crippen molar-refractivity contribution in [2.75, 3.05) is 7.05 Å². The Morgan fingerprint density at radius 2 is 1.86 bits per heavy atom. The summed E-state index contributed by atoms with van der Waals surface area (Å²) in [5.41, 5.74) is -0.0572. The average molecular weight is 442 g/mol. The van der Waals surface area contributed by atoms with Crippen LogP contribution in [-0.2, 0) is 19.6 Å². The monoisotopic (exact) mass is 441 g/mol. The second kappa shape index (κ2) is 7.67. The predicted molar refractivity (Wildman–Crippen MR) is 113 cm³/mol. The molecular weight excluding hydrogens is 410 g/mol. The van der Waals surface area contributed by atoms with Crippen molar-refractivity contribution < 1.29 is 18.0 Å². The van der Waals surface area contributed by atoms with Crippen molar-refractivity contribution in [1.29, 1.82) is 0 Å². The SMILES string of the molecule is CC(NS(=O)(=O)c1cccs1)C(=O)N(C)C1CC(NC(=O)C2(C)CC(C)(C)C2)C1. The Morgan fingerprint density at radius 3 is 2.38 bits per heavy atom. The second-order valence-electron chi connectivity index (χ2n) is 9.60. The number of carbonyl (C=O) groups excluding carboxylic acids is 2. The summed E-state index contributed by atoms with van der Waals surface area (Å²) >= 11 is 1.11. The maximum Gasteiger partial charge on any atom is 0.250 e. The highest BCUT2D eigenvalue weighted by Crippen LogP contribution is 2.54. The molecule has 1 aromatic heterocycles. The molecule has 0 spiro atoms. The van der Waals surface area contributed by atoms with Crippen molar-refractivity contribution in [3.63, 3.8) is 0 Å². The van der Waals surface area contributed by atoms with Gasteiger partial charge in [0.1, 0.15) is 4.21 Å². The third-order valence-corrected chi connectivity index (χ3v) is 9.03. The van der Waals surface area contributed by atoms with Gasteiger partial charge in [-0.3, -0.25) is 9.59 Å². The van der Waals surface area contributed by atoms with Gasteiger partial charge in [0, 0.05) is 24.5 Å². The maximum atomic E-state index is 12.7. The van der Waals surface area contributed by atoms with E-state index >= 15 is 0 Å². The summed E-state index contributed by atoms with van der Waals surface area (Å²) in [6.07, 6.45) is 3.17. The largest absolute Gasteiger partial charge is 0.353 e. The van der Waals surface area contributed by atoms with Crippen molar-refractivity contribution in [2.45, 2.75) is 75.7 Å². The van der Waals surface area contributed by atoms with E-state index in [1.54, 1.807) is 30.3 Å². The number of carbonyl (C=O) groups is 2. The first-order valence-electron chi connectivity index (χ1n) is 9.96. The van der Waals surface area contributed by atoms with Gasteiger partial charge in [-0.1, -0.05) is 26.8 Å². The lowest BCUT2D eigenvalue weighted by Gasteiger charge is -2.51. The van der Waals surface area contributed by atoms with E-state index in [4.69, 9.17) is 0 Å². The molecule has 0 aromatic carbocycles. The molecule has 1 heterocycles. The zero-order chi connectivity index (χ0) is 21.6. The molecule has 0 bridgehead atoms. The molecule has 2 saturated carbocycles. The van der Waals surface area contributed by atoms with Crippen LogP contribution in [0.2, 0.25) is 0 Å². The van der Waals surface area contributed by atoms with E-state index in [0.717, 1.165) is 24.2 Å². The molecule has 1 unspecified atom stereocenters. The molecular formula is C20H31N3O4S2. The zero-order valence-electron chi connectivity index (χ0n) is 17.7. The quantitative estimate of drug-likeness (QED) is 0.679. The van der Waals surface area contributed by atoms with E-state index in [0.29, 0.717) is 12.8 Å². The molecule has 1 aromatic rings. The Morgan fingerprint density at radius 1 is 1.24 bits per heavy atom. The van der Waals surface area contributed by atoms with Gasteiger partial charge in [0.25, 0.3) is 10.0 Å². The first-order valence-corrected chi connectivity index (χ1v) is 12.3. The smallest absolute Gasteiger partial charge is 0.250 e. The summed E-state index contributed by atoms with van der Waals surface area (Å²) in [6, 6.07) is 2.40. The van der Waals surface area contributed by atoms with Gasteiger partial charge < -0.3 is 10.2 Å². The number of hydrogen-bond acceptors (Lipinski definition) is 5. The fourth-order valence-electron chi connectivity index (χ4n) is 4.85. The van der Waals surface area contributed by atoms with Crippen LogP contribution in [0, 0.1) is 10.8 Å². The highest BCUT2D eigenvalue weighted by atomic mass is 32.2. The number of nitrogens with one attached hydrogen (secondary N) is 2. The van der Waals surface area contributed by atoms with E-state index in [9.17, 15) is 18.0 Å². The highest BCUT2D eigenvalue weighted by molar-refractivity contribution is 7.91. The van der Waals surface area contributed by atoms with Crippen molar-refractivity contribution in [3.8, 4) is 0 Å². The van der Waals surface area contributed by atoms with Crippen molar-refractivity contribution in [2.24, 2.45) is 10.8 Å². The highest BCUT2D eigenvalue weighted by Gasteiger charge is 2.51. The number of likely N-dealkylation sites (N-methyl/N-ethyl adjacent to an activating group) is 1. The Balaban J connectivity index is 1.46. The summed E-state index contributed by atoms with van der Waals surface area (Å²) in [4.78, 5) is 26.8. The molecule has 7 nitrogen and oxygen atoms in total. The Bertz CT molecular complexity index is 866. The first kappa shape index (κ1) is 22.2. The van der Waals surface area contributed by atoms with Crippen molar-refractivity contribution in [3.05, 3.63) is 17.5 Å². The van der Waals surface area contributed by atoms with E-state index in [2.05, 4.69) is 23.9 Å². The summed E-state index contributed by atoms with van der Waals surface area (Å²) in [6.45, 7) is 7.92. The fraction of sp³-hybridized carbons (Fsp3) is 0.700. The number of nitrogens with zero attached hydrogens (tertiary/aromatic N) is 1. The van der Waals surface area contributed by atoms with Crippen LogP contribution < -0.4 is 10.0 Å². The molecule has 2 amide bonds. The van der Waals surface area contributed by atoms with Crippen LogP contribution in [0.3, 0.4) is 0 Å². The van der Waals surface area contributed by atoms with Crippen LogP contribution in [0.1, 0.15) is 53.4 Å². The first-order chi connectivity index (χ1) is 13.3. The van der Waals surface area contributed by atoms with Crippen molar-refractivity contribution >= 4 is 33.2 Å². The van der Waals surface area contributed by atoms with Crippen LogP contribution in [-0.4, -0.2) is 50.3 Å². The lowest BCUT2D eigenvalue weighted by atomic mass is 9.55. The second-order valence-corrected chi connectivity index (χ2v) is 12.5. The van der Waals surface area contributed by atoms with Crippen LogP contribution in [0.4, 0.5) is 0 Å². The van der Waals surface area contributed by atoms with Gasteiger partial charge in [0.15, 0.2) is 0 Å². The number of amides is 2. The molecule has 0 aliphatic heterocycles. The third kappa shape index (κ3) is 4.67. The Hall–Kier alpha value is -1.45. The molecule has 2 N–H and O–H groups in total. The van der Waals surface area contributed by atoms with Gasteiger partial charge in [0.2, 0.25) is 11.8 Å². The fourth-order valence-corrected chi connectivity index (χ4v) is 7.05. The molecule has 3 rings (SSSR count). The molecule has 162 valence electrons. The summed E-state index contributed by atoms with van der Waals surface area (Å²) < 4.78 is 27.3. The Kier molecular flexibility index (Phi) is 5.88. The molecule has 0 saturated heterocycles. The van der Waals surface area contributed by atoms with E-state index < -0.39 is 16.1 Å². The van der Waals surface area contributed by atoms with Crippen molar-refractivity contribution in [1.82, 2.24) is 14.9 Å². The van der Waals surface area contributed by atoms with Gasteiger partial charge in [-0.15, -0.1) is 11.3 Å². The molecule has 29 heavy (non-hydrogen) atoms. The summed E-state index contributed by atoms with van der Waals surface area (Å²) in [7, 11) is -2.00. The van der Waals surface area contributed by atoms with E-state index in [1.165, 1.54) is 6.07 Å². The minimum atomic E-state index is -3.69. The van der Waals surface area contributed by atoms with Crippen LogP contribution in [0.25, 0.3) is 0 Å². The van der Waals surface area contributed by atoms with Gasteiger partial charge in [-0.25, -0.2) is 8.42 Å². The lowest BCUT2D eigenvalue weighted by molar-refractivity contribution is -0.144. The van der Waals surface area contributed by atoms with Crippen LogP contribution in [0.15, 0.2) is 21.7 Å². The molecule has 2 aliphatic carbocycles. The molecule has 2 fully saturated rings. The van der Waals surface area contributed by atoms with Crippen LogP contribution in [0.5, 0.6) is 0 Å². The number of thiophene rings is 1. The normalized spacial score (nSPS) is 26.0. The van der Waals surface area contributed by atoms with Gasteiger partial charge in [-0.2, -0.15) is 4.72 Å². The number of hydrogen-bond donors (Lipinski definition) is 2. The minimum Gasteiger partial charge on any atom is -0.353 e. The topological polar surface area (TPSA) is 95.6 Å². The Labute approximate surface area is 177 Å². The molecule has 0 radical (unpaired) electrons. The molecule has 2 aliphatic rings. The zero-order valence-corrected chi connectivity index (χ0v) is 19.3. The summed E-state index contributed by atoms with van der Waals surface area (Å²) in [5, 5.41) is 4.80. The van der Waals surface area contributed by atoms with Gasteiger partial charge >= 0.3 is 0 Å². The number of rotatable bonds is 7. The minimum absolute atomic E-state index is 0.00660. The van der Waals surface area contributed by atoms with Gasteiger partial charge in [-0.05, 0) is 49.5 Å². The third-order valence-electron chi connectivity index (χ3n) is 6.09. The predicted octanol–water partition coefficient (Wildman–Crippen LogP) is 2.35. The summed E-state index contributed by atoms with van der Waals surface area (Å²) in [5.74, 6) is -0.168. The van der Waals surface area contributed by atoms with E-state index in [1.807, 2.05) is 6.92 Å². The number of sulfonamides is 1. The van der Waals surface area contributed by atoms with Crippen LogP contribution >= 0.6 is 11.3 Å². The molecule has 9 heteroatoms. The lowest BCUT2D eigenvalue weighted by Crippen LogP contribution is -2.60. The van der Waals surface area contributed by atoms with Gasteiger partial charge in [0.05, 0.1) is 6.04 Å². The maximum absolute atomic E-state index is 12.7. The van der Waals surface area contributed by atoms with E-state index in [-0.39, 0.29) is 38.9 Å².